The number of carbonyl (C=O) groups is 1. The van der Waals surface area contributed by atoms with E-state index in [4.69, 9.17) is 5.11 Å². The maximum Gasteiger partial charge on any atom is 0.303 e. The Hall–Kier alpha value is -0.280. The van der Waals surface area contributed by atoms with E-state index in [1.54, 1.807) is 0 Å². The SMILES string of the molecule is CCCCCCCCCCCCCCCCCC(=O)O.CN(C)C.Cl. The zero-order valence-electron chi connectivity index (χ0n) is 17.5. The lowest BCUT2D eigenvalue weighted by atomic mass is 10.0. The number of hydrogen-bond donors (Lipinski definition) is 1. The van der Waals surface area contributed by atoms with Crippen molar-refractivity contribution in [2.75, 3.05) is 21.1 Å². The van der Waals surface area contributed by atoms with E-state index in [0.29, 0.717) is 6.42 Å². The number of aliphatic carboxylic acids is 1. The summed E-state index contributed by atoms with van der Waals surface area (Å²) in [5, 5.41) is 8.52. The van der Waals surface area contributed by atoms with Crippen LogP contribution in [0.5, 0.6) is 0 Å². The number of nitrogens with zero attached hydrogens (tertiary/aromatic N) is 1. The summed E-state index contributed by atoms with van der Waals surface area (Å²) in [5.41, 5.74) is 0. The van der Waals surface area contributed by atoms with Crippen LogP contribution in [-0.2, 0) is 4.79 Å². The van der Waals surface area contributed by atoms with Gasteiger partial charge in [-0.1, -0.05) is 96.8 Å². The molecule has 0 saturated carbocycles. The largest absolute Gasteiger partial charge is 0.481 e. The Morgan fingerprint density at radius 1 is 0.640 bits per heavy atom. The highest BCUT2D eigenvalue weighted by atomic mass is 35.5. The van der Waals surface area contributed by atoms with Gasteiger partial charge in [0.2, 0.25) is 0 Å². The third-order valence-corrected chi connectivity index (χ3v) is 3.99. The molecule has 0 aromatic carbocycles. The second kappa shape index (κ2) is 26.0. The lowest BCUT2D eigenvalue weighted by Crippen LogP contribution is -1.99. The Labute approximate surface area is 164 Å². The van der Waals surface area contributed by atoms with E-state index in [0.717, 1.165) is 12.8 Å². The summed E-state index contributed by atoms with van der Waals surface area (Å²) in [4.78, 5) is 12.3. The average molecular weight is 380 g/mol. The maximum atomic E-state index is 10.3. The molecule has 3 nitrogen and oxygen atoms in total. The van der Waals surface area contributed by atoms with E-state index in [2.05, 4.69) is 6.92 Å². The van der Waals surface area contributed by atoms with Crippen LogP contribution in [0.25, 0.3) is 0 Å². The third kappa shape index (κ3) is 40.0. The van der Waals surface area contributed by atoms with Gasteiger partial charge in [0.05, 0.1) is 0 Å². The molecule has 0 spiro atoms. The average Bonchev–Trinajstić information content (AvgIpc) is 2.50. The van der Waals surface area contributed by atoms with Gasteiger partial charge in [0, 0.05) is 6.42 Å². The second-order valence-corrected chi connectivity index (χ2v) is 7.44. The molecule has 0 amide bonds. The van der Waals surface area contributed by atoms with Crippen molar-refractivity contribution in [3.8, 4) is 0 Å². The number of rotatable bonds is 16. The van der Waals surface area contributed by atoms with Gasteiger partial charge < -0.3 is 10.0 Å². The second-order valence-electron chi connectivity index (χ2n) is 7.44. The van der Waals surface area contributed by atoms with E-state index in [9.17, 15) is 4.79 Å². The van der Waals surface area contributed by atoms with Crippen molar-refractivity contribution in [1.29, 1.82) is 0 Å². The van der Waals surface area contributed by atoms with Crippen LogP contribution in [0, 0.1) is 0 Å². The molecule has 0 aromatic rings. The van der Waals surface area contributed by atoms with Gasteiger partial charge >= 0.3 is 5.97 Å². The monoisotopic (exact) mass is 379 g/mol. The van der Waals surface area contributed by atoms with Crippen LogP contribution in [-0.4, -0.2) is 37.1 Å². The number of carboxylic acid groups (broad SMARTS) is 1. The summed E-state index contributed by atoms with van der Waals surface area (Å²) in [6, 6.07) is 0. The molecule has 0 radical (unpaired) electrons. The molecule has 0 aliphatic heterocycles. The van der Waals surface area contributed by atoms with E-state index >= 15 is 0 Å². The first kappa shape index (κ1) is 29.5. The predicted octanol–water partition coefficient (Wildman–Crippen LogP) is 6.93. The Morgan fingerprint density at radius 2 is 0.880 bits per heavy atom. The van der Waals surface area contributed by atoms with E-state index in [-0.39, 0.29) is 12.4 Å². The first-order valence-corrected chi connectivity index (χ1v) is 10.3. The zero-order valence-corrected chi connectivity index (χ0v) is 18.3. The molecule has 0 fully saturated rings. The van der Waals surface area contributed by atoms with Crippen molar-refractivity contribution in [1.82, 2.24) is 4.90 Å². The molecule has 0 atom stereocenters. The predicted molar refractivity (Wildman–Crippen MR) is 114 cm³/mol. The molecule has 0 heterocycles. The molecule has 0 aliphatic carbocycles. The minimum Gasteiger partial charge on any atom is -0.481 e. The summed E-state index contributed by atoms with van der Waals surface area (Å²) < 4.78 is 0. The normalized spacial score (nSPS) is 10.1. The molecular formula is C21H46ClNO2. The lowest BCUT2D eigenvalue weighted by molar-refractivity contribution is -0.137. The van der Waals surface area contributed by atoms with E-state index < -0.39 is 5.97 Å². The summed E-state index contributed by atoms with van der Waals surface area (Å²) in [6.07, 6.45) is 20.2. The fourth-order valence-corrected chi connectivity index (χ4v) is 2.65. The zero-order chi connectivity index (χ0) is 18.5. The molecule has 4 heteroatoms. The van der Waals surface area contributed by atoms with Crippen LogP contribution in [0.3, 0.4) is 0 Å². The molecule has 0 bridgehead atoms. The highest BCUT2D eigenvalue weighted by molar-refractivity contribution is 5.85. The maximum absolute atomic E-state index is 10.3. The highest BCUT2D eigenvalue weighted by Gasteiger charge is 1.97. The smallest absolute Gasteiger partial charge is 0.303 e. The minimum absolute atomic E-state index is 0. The van der Waals surface area contributed by atoms with Crippen LogP contribution in [0.4, 0.5) is 0 Å². The van der Waals surface area contributed by atoms with Crippen molar-refractivity contribution in [3.05, 3.63) is 0 Å². The summed E-state index contributed by atoms with van der Waals surface area (Å²) in [7, 11) is 6.00. The quantitative estimate of drug-likeness (QED) is 0.295. The molecule has 1 N–H and O–H groups in total. The van der Waals surface area contributed by atoms with Crippen molar-refractivity contribution < 1.29 is 9.90 Å². The first-order chi connectivity index (χ1) is 11.5. The van der Waals surface area contributed by atoms with Crippen LogP contribution in [0.1, 0.15) is 110 Å². The van der Waals surface area contributed by atoms with Crippen molar-refractivity contribution in [2.24, 2.45) is 0 Å². The molecule has 0 aliphatic rings. The lowest BCUT2D eigenvalue weighted by Gasteiger charge is -2.03. The number of halogens is 1. The van der Waals surface area contributed by atoms with Crippen LogP contribution >= 0.6 is 12.4 Å². The highest BCUT2D eigenvalue weighted by Crippen LogP contribution is 2.13. The topological polar surface area (TPSA) is 40.5 Å². The van der Waals surface area contributed by atoms with Crippen LogP contribution < -0.4 is 0 Å². The molecule has 0 unspecified atom stereocenters. The van der Waals surface area contributed by atoms with E-state index in [1.807, 2.05) is 26.0 Å². The van der Waals surface area contributed by atoms with Gasteiger partial charge in [-0.15, -0.1) is 12.4 Å². The fraction of sp³-hybridized carbons (Fsp3) is 0.952. The molecule has 0 aromatic heterocycles. The van der Waals surface area contributed by atoms with Crippen molar-refractivity contribution >= 4 is 18.4 Å². The fourth-order valence-electron chi connectivity index (χ4n) is 2.65. The first-order valence-electron chi connectivity index (χ1n) is 10.3. The number of carboxylic acids is 1. The molecule has 25 heavy (non-hydrogen) atoms. The van der Waals surface area contributed by atoms with Crippen molar-refractivity contribution in [3.63, 3.8) is 0 Å². The standard InChI is InChI=1S/C18H36O2.C3H9N.ClH/c1-2-3-4-5-6-7-8-9-10-11-12-13-14-15-16-17-18(19)20;1-4(2)3;/h2-17H2,1H3,(H,19,20);1-3H3;1H. The van der Waals surface area contributed by atoms with Gasteiger partial charge in [-0.3, -0.25) is 4.79 Å². The Bertz CT molecular complexity index is 245. The Balaban J connectivity index is -0.000000867. The van der Waals surface area contributed by atoms with Gasteiger partial charge in [-0.05, 0) is 27.6 Å². The van der Waals surface area contributed by atoms with Gasteiger partial charge in [-0.2, -0.15) is 0 Å². The molecule has 0 rings (SSSR count). The summed E-state index contributed by atoms with van der Waals surface area (Å²) in [5.74, 6) is -0.653. The third-order valence-electron chi connectivity index (χ3n) is 3.99. The minimum atomic E-state index is -0.653. The van der Waals surface area contributed by atoms with Crippen LogP contribution in [0.15, 0.2) is 0 Å². The van der Waals surface area contributed by atoms with Crippen molar-refractivity contribution in [2.45, 2.75) is 110 Å². The van der Waals surface area contributed by atoms with Gasteiger partial charge in [-0.25, -0.2) is 0 Å². The molecular weight excluding hydrogens is 334 g/mol. The summed E-state index contributed by atoms with van der Waals surface area (Å²) in [6.45, 7) is 2.27. The Kier molecular flexibility index (Phi) is 30.6. The Morgan fingerprint density at radius 3 is 1.12 bits per heavy atom. The molecule has 154 valence electrons. The number of unbranched alkanes of at least 4 members (excludes halogenated alkanes) is 14. The summed E-state index contributed by atoms with van der Waals surface area (Å²) >= 11 is 0. The molecule has 0 saturated heterocycles. The van der Waals surface area contributed by atoms with Gasteiger partial charge in [0.25, 0.3) is 0 Å². The van der Waals surface area contributed by atoms with Gasteiger partial charge in [0.15, 0.2) is 0 Å². The van der Waals surface area contributed by atoms with Gasteiger partial charge in [0.1, 0.15) is 0 Å². The van der Waals surface area contributed by atoms with Crippen LogP contribution in [0.2, 0.25) is 0 Å². The van der Waals surface area contributed by atoms with E-state index in [1.165, 1.54) is 83.5 Å². The number of hydrogen-bond acceptors (Lipinski definition) is 2.